The van der Waals surface area contributed by atoms with Crippen LogP contribution in [0.25, 0.3) is 5.57 Å². The number of cyclic esters (lactones) is 1. The van der Waals surface area contributed by atoms with E-state index in [1.54, 1.807) is 4.90 Å². The van der Waals surface area contributed by atoms with Crippen LogP contribution >= 0.6 is 0 Å². The van der Waals surface area contributed by atoms with Gasteiger partial charge in [0, 0.05) is 5.56 Å². The van der Waals surface area contributed by atoms with Crippen molar-refractivity contribution >= 4 is 17.4 Å². The minimum Gasteiger partial charge on any atom is -0.447 e. The molecule has 0 saturated carbocycles. The van der Waals surface area contributed by atoms with Gasteiger partial charge in [0.1, 0.15) is 6.61 Å². The van der Waals surface area contributed by atoms with Gasteiger partial charge in [-0.25, -0.2) is 4.79 Å². The summed E-state index contributed by atoms with van der Waals surface area (Å²) in [6.45, 7) is 3.24. The summed E-state index contributed by atoms with van der Waals surface area (Å²) in [5.74, 6) is 0. The Balaban J connectivity index is 2.03. The predicted octanol–water partition coefficient (Wildman–Crippen LogP) is 3.91. The molecule has 3 nitrogen and oxygen atoms in total. The fourth-order valence-electron chi connectivity index (χ4n) is 2.84. The normalized spacial score (nSPS) is 19.3. The number of rotatable bonds is 2. The number of benzene rings is 1. The minimum absolute atomic E-state index is 0.221. The third kappa shape index (κ3) is 2.37. The molecule has 1 fully saturated rings. The van der Waals surface area contributed by atoms with E-state index in [2.05, 4.69) is 25.1 Å². The summed E-state index contributed by atoms with van der Waals surface area (Å²) in [5.41, 5.74) is 4.82. The Morgan fingerprint density at radius 1 is 1.26 bits per heavy atom. The highest BCUT2D eigenvalue weighted by Crippen LogP contribution is 2.35. The van der Waals surface area contributed by atoms with Crippen molar-refractivity contribution in [1.82, 2.24) is 0 Å². The zero-order chi connectivity index (χ0) is 13.2. The van der Waals surface area contributed by atoms with E-state index in [4.69, 9.17) is 4.74 Å². The van der Waals surface area contributed by atoms with Gasteiger partial charge in [-0.2, -0.15) is 0 Å². The molecule has 1 aromatic carbocycles. The lowest BCUT2D eigenvalue weighted by Crippen LogP contribution is -2.24. The van der Waals surface area contributed by atoms with E-state index in [-0.39, 0.29) is 6.09 Å². The van der Waals surface area contributed by atoms with Gasteiger partial charge in [0.2, 0.25) is 0 Å². The monoisotopic (exact) mass is 257 g/mol. The SMILES string of the molecule is Cc1ccc(N2CCOC2=O)c(C2=CCCCC2)c1. The van der Waals surface area contributed by atoms with Crippen molar-refractivity contribution in [3.8, 4) is 0 Å². The van der Waals surface area contributed by atoms with Gasteiger partial charge in [-0.1, -0.05) is 17.7 Å². The Kier molecular flexibility index (Phi) is 3.28. The van der Waals surface area contributed by atoms with Gasteiger partial charge >= 0.3 is 6.09 Å². The van der Waals surface area contributed by atoms with Crippen molar-refractivity contribution < 1.29 is 9.53 Å². The Morgan fingerprint density at radius 3 is 2.84 bits per heavy atom. The van der Waals surface area contributed by atoms with E-state index in [9.17, 15) is 4.79 Å². The van der Waals surface area contributed by atoms with Crippen LogP contribution in [0, 0.1) is 6.92 Å². The smallest absolute Gasteiger partial charge is 0.414 e. The molecule has 1 aliphatic heterocycles. The summed E-state index contributed by atoms with van der Waals surface area (Å²) >= 11 is 0. The molecular formula is C16H19NO2. The molecular weight excluding hydrogens is 238 g/mol. The van der Waals surface area contributed by atoms with Gasteiger partial charge in [0.15, 0.2) is 0 Å². The molecule has 2 aliphatic rings. The van der Waals surface area contributed by atoms with E-state index in [1.165, 1.54) is 29.5 Å². The third-order valence-electron chi connectivity index (χ3n) is 3.84. The Hall–Kier alpha value is -1.77. The number of aryl methyl sites for hydroxylation is 1. The van der Waals surface area contributed by atoms with Crippen LogP contribution < -0.4 is 4.90 Å². The molecule has 0 atom stereocenters. The highest BCUT2D eigenvalue weighted by Gasteiger charge is 2.26. The molecule has 1 aromatic rings. The van der Waals surface area contributed by atoms with Crippen molar-refractivity contribution in [2.75, 3.05) is 18.1 Å². The molecule has 0 aromatic heterocycles. The van der Waals surface area contributed by atoms with Crippen molar-refractivity contribution in [1.29, 1.82) is 0 Å². The Bertz CT molecular complexity index is 534. The largest absolute Gasteiger partial charge is 0.447 e. The van der Waals surface area contributed by atoms with Crippen LogP contribution in [0.5, 0.6) is 0 Å². The molecule has 0 radical (unpaired) electrons. The number of hydrogen-bond acceptors (Lipinski definition) is 2. The minimum atomic E-state index is -0.221. The van der Waals surface area contributed by atoms with E-state index in [1.807, 2.05) is 6.07 Å². The van der Waals surface area contributed by atoms with Gasteiger partial charge in [-0.15, -0.1) is 0 Å². The van der Waals surface area contributed by atoms with Crippen molar-refractivity contribution in [3.05, 3.63) is 35.4 Å². The van der Waals surface area contributed by atoms with Crippen molar-refractivity contribution in [2.45, 2.75) is 32.6 Å². The lowest BCUT2D eigenvalue weighted by atomic mass is 9.91. The number of anilines is 1. The predicted molar refractivity (Wildman–Crippen MR) is 76.3 cm³/mol. The fraction of sp³-hybridized carbons (Fsp3) is 0.438. The number of allylic oxidation sites excluding steroid dienone is 2. The number of hydrogen-bond donors (Lipinski definition) is 0. The van der Waals surface area contributed by atoms with Gasteiger partial charge in [0.25, 0.3) is 0 Å². The van der Waals surface area contributed by atoms with E-state index < -0.39 is 0 Å². The number of carbonyl (C=O) groups is 1. The van der Waals surface area contributed by atoms with Crippen LogP contribution in [-0.4, -0.2) is 19.2 Å². The second-order valence-corrected chi connectivity index (χ2v) is 5.26. The summed E-state index contributed by atoms with van der Waals surface area (Å²) in [4.78, 5) is 13.5. The second-order valence-electron chi connectivity index (χ2n) is 5.26. The highest BCUT2D eigenvalue weighted by molar-refractivity contribution is 5.93. The van der Waals surface area contributed by atoms with Crippen LogP contribution in [0.1, 0.15) is 36.8 Å². The number of amides is 1. The maximum absolute atomic E-state index is 11.8. The van der Waals surface area contributed by atoms with Crippen molar-refractivity contribution in [2.24, 2.45) is 0 Å². The summed E-state index contributed by atoms with van der Waals surface area (Å²) < 4.78 is 5.06. The third-order valence-corrected chi connectivity index (χ3v) is 3.84. The molecule has 1 heterocycles. The molecule has 1 saturated heterocycles. The van der Waals surface area contributed by atoms with Crippen LogP contribution in [0.4, 0.5) is 10.5 Å². The second kappa shape index (κ2) is 5.08. The summed E-state index contributed by atoms with van der Waals surface area (Å²) in [5, 5.41) is 0. The van der Waals surface area contributed by atoms with Gasteiger partial charge in [0.05, 0.1) is 12.2 Å². The zero-order valence-corrected chi connectivity index (χ0v) is 11.3. The van der Waals surface area contributed by atoms with Crippen LogP contribution in [0.3, 0.4) is 0 Å². The van der Waals surface area contributed by atoms with E-state index >= 15 is 0 Å². The number of carbonyl (C=O) groups excluding carboxylic acids is 1. The molecule has 1 amide bonds. The number of nitrogens with zero attached hydrogens (tertiary/aromatic N) is 1. The van der Waals surface area contributed by atoms with Crippen molar-refractivity contribution in [3.63, 3.8) is 0 Å². The quantitative estimate of drug-likeness (QED) is 0.804. The first-order valence-electron chi connectivity index (χ1n) is 7.00. The summed E-state index contributed by atoms with van der Waals surface area (Å²) in [7, 11) is 0. The Labute approximate surface area is 113 Å². The molecule has 3 rings (SSSR count). The standard InChI is InChI=1S/C16H19NO2/c1-12-7-8-15(17-9-10-19-16(17)18)14(11-12)13-5-3-2-4-6-13/h5,7-8,11H,2-4,6,9-10H2,1H3. The van der Waals surface area contributed by atoms with E-state index in [0.717, 1.165) is 18.5 Å². The maximum atomic E-state index is 11.8. The molecule has 0 bridgehead atoms. The molecule has 0 spiro atoms. The topological polar surface area (TPSA) is 29.5 Å². The fourth-order valence-corrected chi connectivity index (χ4v) is 2.84. The molecule has 100 valence electrons. The first-order chi connectivity index (χ1) is 9.25. The van der Waals surface area contributed by atoms with Gasteiger partial charge in [-0.05, 0) is 50.3 Å². The maximum Gasteiger partial charge on any atom is 0.414 e. The first-order valence-corrected chi connectivity index (χ1v) is 7.00. The molecule has 0 unspecified atom stereocenters. The number of ether oxygens (including phenoxy) is 1. The highest BCUT2D eigenvalue weighted by atomic mass is 16.6. The molecule has 3 heteroatoms. The average Bonchev–Trinajstić information content (AvgIpc) is 2.86. The van der Waals surface area contributed by atoms with Crippen LogP contribution in [-0.2, 0) is 4.74 Å². The summed E-state index contributed by atoms with van der Waals surface area (Å²) in [6, 6.07) is 6.30. The van der Waals surface area contributed by atoms with Gasteiger partial charge in [-0.3, -0.25) is 4.90 Å². The molecule has 19 heavy (non-hydrogen) atoms. The molecule has 0 N–H and O–H groups in total. The molecule has 1 aliphatic carbocycles. The van der Waals surface area contributed by atoms with Crippen LogP contribution in [0.15, 0.2) is 24.3 Å². The van der Waals surface area contributed by atoms with Crippen LogP contribution in [0.2, 0.25) is 0 Å². The first kappa shape index (κ1) is 12.3. The lowest BCUT2D eigenvalue weighted by molar-refractivity contribution is 0.181. The average molecular weight is 257 g/mol. The van der Waals surface area contributed by atoms with E-state index in [0.29, 0.717) is 13.2 Å². The lowest BCUT2D eigenvalue weighted by Gasteiger charge is -2.21. The van der Waals surface area contributed by atoms with Gasteiger partial charge < -0.3 is 4.74 Å². The Morgan fingerprint density at radius 2 is 2.16 bits per heavy atom. The zero-order valence-electron chi connectivity index (χ0n) is 11.3. The summed E-state index contributed by atoms with van der Waals surface area (Å²) in [6.07, 6.45) is 6.87.